The molecule has 0 bridgehead atoms. The van der Waals surface area contributed by atoms with E-state index in [0.717, 1.165) is 11.5 Å². The highest BCUT2D eigenvalue weighted by atomic mass is 16.6. The maximum Gasteiger partial charge on any atom is 0.162 e. The lowest BCUT2D eigenvalue weighted by Gasteiger charge is -2.32. The fraction of sp³-hybridized carbons (Fsp3) is 0.455. The van der Waals surface area contributed by atoms with Gasteiger partial charge >= 0.3 is 0 Å². The minimum atomic E-state index is -0.206. The van der Waals surface area contributed by atoms with Gasteiger partial charge in [0.25, 0.3) is 0 Å². The first-order valence-corrected chi connectivity index (χ1v) is 4.49. The van der Waals surface area contributed by atoms with E-state index in [4.69, 9.17) is 9.47 Å². The molecule has 2 heteroatoms. The summed E-state index contributed by atoms with van der Waals surface area (Å²) in [6.45, 7) is 6.71. The van der Waals surface area contributed by atoms with E-state index in [0.29, 0.717) is 6.61 Å². The van der Waals surface area contributed by atoms with Crippen molar-refractivity contribution >= 4 is 0 Å². The van der Waals surface area contributed by atoms with Crippen molar-refractivity contribution in [2.24, 2.45) is 0 Å². The zero-order valence-electron chi connectivity index (χ0n) is 8.26. The van der Waals surface area contributed by atoms with Gasteiger partial charge in [-0.2, -0.15) is 0 Å². The normalized spacial score (nSPS) is 18.4. The quantitative estimate of drug-likeness (QED) is 0.607. The van der Waals surface area contributed by atoms with Crippen molar-refractivity contribution in [3.63, 3.8) is 0 Å². The molecule has 0 amide bonds. The lowest BCUT2D eigenvalue weighted by molar-refractivity contribution is 0.0213. The van der Waals surface area contributed by atoms with Crippen LogP contribution in [-0.4, -0.2) is 12.2 Å². The van der Waals surface area contributed by atoms with Gasteiger partial charge in [-0.05, 0) is 38.5 Å². The molecule has 0 spiro atoms. The topological polar surface area (TPSA) is 18.5 Å². The average Bonchev–Trinajstić information content (AvgIpc) is 2.05. The van der Waals surface area contributed by atoms with Crippen molar-refractivity contribution < 1.29 is 9.47 Å². The molecule has 0 aliphatic carbocycles. The standard InChI is InChI=1S/C11H14O2/c1-8-4-5-9-10(6-8)12-7-11(2,3)13-9/h4-6H,7H2,1-3H3. The molecule has 0 unspecified atom stereocenters. The van der Waals surface area contributed by atoms with E-state index in [1.165, 1.54) is 5.56 Å². The van der Waals surface area contributed by atoms with Gasteiger partial charge in [0.05, 0.1) is 0 Å². The van der Waals surface area contributed by atoms with Crippen molar-refractivity contribution in [2.75, 3.05) is 6.61 Å². The molecule has 0 aromatic heterocycles. The predicted octanol–water partition coefficient (Wildman–Crippen LogP) is 2.54. The number of ether oxygens (including phenoxy) is 2. The van der Waals surface area contributed by atoms with Crippen LogP contribution in [0.3, 0.4) is 0 Å². The molecule has 0 atom stereocenters. The summed E-state index contributed by atoms with van der Waals surface area (Å²) < 4.78 is 11.3. The van der Waals surface area contributed by atoms with E-state index in [9.17, 15) is 0 Å². The van der Waals surface area contributed by atoms with E-state index < -0.39 is 0 Å². The van der Waals surface area contributed by atoms with E-state index in [1.54, 1.807) is 0 Å². The first-order chi connectivity index (χ1) is 6.07. The number of hydrogen-bond donors (Lipinski definition) is 0. The number of fused-ring (bicyclic) bond motifs is 1. The second-order valence-electron chi connectivity index (χ2n) is 4.10. The predicted molar refractivity (Wildman–Crippen MR) is 51.4 cm³/mol. The highest BCUT2D eigenvalue weighted by molar-refractivity contribution is 5.44. The van der Waals surface area contributed by atoms with Crippen LogP contribution < -0.4 is 9.47 Å². The van der Waals surface area contributed by atoms with Crippen LogP contribution in [0.25, 0.3) is 0 Å². The molecule has 1 aliphatic heterocycles. The van der Waals surface area contributed by atoms with Gasteiger partial charge in [-0.15, -0.1) is 0 Å². The van der Waals surface area contributed by atoms with Crippen molar-refractivity contribution in [1.82, 2.24) is 0 Å². The van der Waals surface area contributed by atoms with Gasteiger partial charge < -0.3 is 9.47 Å². The molecule has 0 N–H and O–H groups in total. The average molecular weight is 178 g/mol. The van der Waals surface area contributed by atoms with Crippen molar-refractivity contribution in [2.45, 2.75) is 26.4 Å². The van der Waals surface area contributed by atoms with E-state index in [-0.39, 0.29) is 5.60 Å². The number of benzene rings is 1. The summed E-state index contributed by atoms with van der Waals surface area (Å²) in [7, 11) is 0. The molecule has 0 radical (unpaired) electrons. The first kappa shape index (κ1) is 8.42. The fourth-order valence-corrected chi connectivity index (χ4v) is 1.39. The molecule has 0 saturated carbocycles. The highest BCUT2D eigenvalue weighted by Crippen LogP contribution is 2.35. The van der Waals surface area contributed by atoms with Gasteiger partial charge in [0, 0.05) is 0 Å². The van der Waals surface area contributed by atoms with E-state index in [1.807, 2.05) is 39.0 Å². The third kappa shape index (κ3) is 1.62. The van der Waals surface area contributed by atoms with Crippen LogP contribution in [-0.2, 0) is 0 Å². The van der Waals surface area contributed by atoms with Crippen LogP contribution in [0, 0.1) is 6.92 Å². The summed E-state index contributed by atoms with van der Waals surface area (Å²) in [5.41, 5.74) is 0.990. The molecule has 13 heavy (non-hydrogen) atoms. The summed E-state index contributed by atoms with van der Waals surface area (Å²) in [6, 6.07) is 6.00. The van der Waals surface area contributed by atoms with E-state index >= 15 is 0 Å². The molecule has 1 aromatic carbocycles. The molecule has 1 heterocycles. The second-order valence-corrected chi connectivity index (χ2v) is 4.10. The van der Waals surface area contributed by atoms with Gasteiger partial charge in [-0.25, -0.2) is 0 Å². The third-order valence-corrected chi connectivity index (χ3v) is 2.06. The Balaban J connectivity index is 2.37. The Morgan fingerprint density at radius 3 is 2.77 bits per heavy atom. The first-order valence-electron chi connectivity index (χ1n) is 4.49. The minimum absolute atomic E-state index is 0.206. The second kappa shape index (κ2) is 2.66. The maximum absolute atomic E-state index is 5.75. The van der Waals surface area contributed by atoms with Gasteiger partial charge in [0.2, 0.25) is 0 Å². The smallest absolute Gasteiger partial charge is 0.162 e. The molecule has 70 valence electrons. The molecule has 0 saturated heterocycles. The monoisotopic (exact) mass is 178 g/mol. The van der Waals surface area contributed by atoms with Crippen LogP contribution in [0.4, 0.5) is 0 Å². The zero-order valence-corrected chi connectivity index (χ0v) is 8.26. The molecule has 2 nitrogen and oxygen atoms in total. The fourth-order valence-electron chi connectivity index (χ4n) is 1.39. The van der Waals surface area contributed by atoms with Gasteiger partial charge in [0.15, 0.2) is 11.5 Å². The molecule has 0 fully saturated rings. The van der Waals surface area contributed by atoms with Crippen molar-refractivity contribution in [1.29, 1.82) is 0 Å². The Hall–Kier alpha value is -1.18. The van der Waals surface area contributed by atoms with Crippen LogP contribution in [0.15, 0.2) is 18.2 Å². The van der Waals surface area contributed by atoms with Gasteiger partial charge in [-0.3, -0.25) is 0 Å². The zero-order chi connectivity index (χ0) is 9.47. The number of aryl methyl sites for hydroxylation is 1. The SMILES string of the molecule is Cc1ccc2c(c1)OCC(C)(C)O2. The lowest BCUT2D eigenvalue weighted by Crippen LogP contribution is -2.38. The van der Waals surface area contributed by atoms with Gasteiger partial charge in [-0.1, -0.05) is 6.07 Å². The molecular formula is C11H14O2. The summed E-state index contributed by atoms with van der Waals surface area (Å²) in [4.78, 5) is 0. The molecular weight excluding hydrogens is 164 g/mol. The molecule has 1 aromatic rings. The number of rotatable bonds is 0. The largest absolute Gasteiger partial charge is 0.486 e. The Morgan fingerprint density at radius 1 is 1.23 bits per heavy atom. The maximum atomic E-state index is 5.75. The Bertz CT molecular complexity index is 329. The van der Waals surface area contributed by atoms with Crippen LogP contribution in [0.1, 0.15) is 19.4 Å². The van der Waals surface area contributed by atoms with Crippen molar-refractivity contribution in [3.05, 3.63) is 23.8 Å². The summed E-state index contributed by atoms with van der Waals surface area (Å²) >= 11 is 0. The van der Waals surface area contributed by atoms with Crippen LogP contribution in [0.5, 0.6) is 11.5 Å². The summed E-state index contributed by atoms with van der Waals surface area (Å²) in [6.07, 6.45) is 0. The summed E-state index contributed by atoms with van der Waals surface area (Å²) in [5.74, 6) is 1.71. The van der Waals surface area contributed by atoms with Gasteiger partial charge in [0.1, 0.15) is 12.2 Å². The lowest BCUT2D eigenvalue weighted by atomic mass is 10.1. The highest BCUT2D eigenvalue weighted by Gasteiger charge is 2.27. The van der Waals surface area contributed by atoms with Crippen molar-refractivity contribution in [3.8, 4) is 11.5 Å². The van der Waals surface area contributed by atoms with Crippen LogP contribution >= 0.6 is 0 Å². The van der Waals surface area contributed by atoms with Crippen LogP contribution in [0.2, 0.25) is 0 Å². The molecule has 1 aliphatic rings. The van der Waals surface area contributed by atoms with E-state index in [2.05, 4.69) is 0 Å². The Kier molecular flexibility index (Phi) is 1.72. The third-order valence-electron chi connectivity index (χ3n) is 2.06. The minimum Gasteiger partial charge on any atom is -0.486 e. The molecule has 2 rings (SSSR count). The Morgan fingerprint density at radius 2 is 2.00 bits per heavy atom. The summed E-state index contributed by atoms with van der Waals surface area (Å²) in [5, 5.41) is 0. The number of hydrogen-bond acceptors (Lipinski definition) is 2. The Labute approximate surface area is 78.5 Å².